The van der Waals surface area contributed by atoms with E-state index < -0.39 is 0 Å². The Morgan fingerprint density at radius 1 is 1.07 bits per heavy atom. The summed E-state index contributed by atoms with van der Waals surface area (Å²) in [5.41, 5.74) is 1.13. The molecule has 0 radical (unpaired) electrons. The number of hydrogen-bond donors (Lipinski definition) is 0. The molecule has 0 aliphatic carbocycles. The number of carbonyl (C=O) groups excluding carboxylic acids is 1. The molecular formula is C22H25FN2O3. The first-order chi connectivity index (χ1) is 13.7. The van der Waals surface area contributed by atoms with Crippen LogP contribution in [0.25, 0.3) is 0 Å². The maximum atomic E-state index is 13.0. The monoisotopic (exact) mass is 384 g/mol. The molecular weight excluding hydrogens is 359 g/mol. The van der Waals surface area contributed by atoms with Crippen molar-refractivity contribution >= 4 is 5.91 Å². The number of amides is 1. The van der Waals surface area contributed by atoms with E-state index >= 15 is 0 Å². The lowest BCUT2D eigenvalue weighted by molar-refractivity contribution is -0.133. The van der Waals surface area contributed by atoms with Crippen LogP contribution >= 0.6 is 0 Å². The van der Waals surface area contributed by atoms with E-state index in [1.807, 2.05) is 23.1 Å². The summed E-state index contributed by atoms with van der Waals surface area (Å²) in [5, 5.41) is 0. The van der Waals surface area contributed by atoms with Crippen molar-refractivity contribution in [2.45, 2.75) is 25.1 Å². The second-order valence-corrected chi connectivity index (χ2v) is 7.30. The lowest BCUT2D eigenvalue weighted by Crippen LogP contribution is -2.45. The summed E-state index contributed by atoms with van der Waals surface area (Å²) in [6.07, 6.45) is 0.467. The van der Waals surface area contributed by atoms with E-state index in [0.29, 0.717) is 31.9 Å². The number of hydrogen-bond acceptors (Lipinski definition) is 4. The van der Waals surface area contributed by atoms with E-state index in [-0.39, 0.29) is 23.9 Å². The fraction of sp³-hybridized carbons (Fsp3) is 0.409. The average molecular weight is 384 g/mol. The highest BCUT2D eigenvalue weighted by Crippen LogP contribution is 2.25. The van der Waals surface area contributed by atoms with Crippen molar-refractivity contribution in [3.8, 4) is 5.75 Å². The molecule has 2 aliphatic heterocycles. The second-order valence-electron chi connectivity index (χ2n) is 7.30. The third kappa shape index (κ3) is 4.51. The van der Waals surface area contributed by atoms with Crippen LogP contribution in [-0.2, 0) is 16.1 Å². The summed E-state index contributed by atoms with van der Waals surface area (Å²) in [7, 11) is 0. The first kappa shape index (κ1) is 18.9. The van der Waals surface area contributed by atoms with Gasteiger partial charge in [-0.1, -0.05) is 30.3 Å². The van der Waals surface area contributed by atoms with Crippen molar-refractivity contribution in [2.75, 3.05) is 32.8 Å². The van der Waals surface area contributed by atoms with Crippen LogP contribution in [-0.4, -0.2) is 60.7 Å². The fourth-order valence-corrected chi connectivity index (χ4v) is 3.91. The zero-order chi connectivity index (χ0) is 19.3. The van der Waals surface area contributed by atoms with Crippen LogP contribution in [0.15, 0.2) is 54.6 Å². The van der Waals surface area contributed by atoms with Gasteiger partial charge in [0.1, 0.15) is 18.2 Å². The third-order valence-corrected chi connectivity index (χ3v) is 5.37. The molecule has 148 valence electrons. The Morgan fingerprint density at radius 2 is 1.86 bits per heavy atom. The molecule has 2 aromatic rings. The molecule has 0 unspecified atom stereocenters. The number of ether oxygens (including phenoxy) is 2. The molecule has 28 heavy (non-hydrogen) atoms. The minimum absolute atomic E-state index is 0.0287. The summed E-state index contributed by atoms with van der Waals surface area (Å²) in [6, 6.07) is 16.2. The summed E-state index contributed by atoms with van der Waals surface area (Å²) < 4.78 is 24.7. The Labute approximate surface area is 164 Å². The van der Waals surface area contributed by atoms with Crippen molar-refractivity contribution in [3.05, 3.63) is 66.0 Å². The maximum Gasteiger partial charge on any atom is 0.225 e. The van der Waals surface area contributed by atoms with Crippen LogP contribution in [0.3, 0.4) is 0 Å². The standard InChI is InChI=1S/C22H25FN2O3/c23-18-6-8-19(9-7-18)27-13-11-24-15-20-21(16-24)28-12-10-22(26)25(20)14-17-4-2-1-3-5-17/h1-9,20-21H,10-16H2/t20-,21-/m0/s1. The van der Waals surface area contributed by atoms with Crippen LogP contribution in [0.1, 0.15) is 12.0 Å². The number of benzene rings is 2. The van der Waals surface area contributed by atoms with E-state index in [4.69, 9.17) is 9.47 Å². The molecule has 0 N–H and O–H groups in total. The maximum absolute atomic E-state index is 13.0. The second kappa shape index (κ2) is 8.71. The Bertz CT molecular complexity index is 784. The summed E-state index contributed by atoms with van der Waals surface area (Å²) >= 11 is 0. The summed E-state index contributed by atoms with van der Waals surface area (Å²) in [6.45, 7) is 3.90. The molecule has 1 amide bonds. The highest BCUT2D eigenvalue weighted by molar-refractivity contribution is 5.77. The van der Waals surface area contributed by atoms with E-state index in [1.54, 1.807) is 12.1 Å². The zero-order valence-corrected chi connectivity index (χ0v) is 15.8. The number of rotatable bonds is 6. The number of carbonyl (C=O) groups is 1. The van der Waals surface area contributed by atoms with Crippen molar-refractivity contribution in [1.82, 2.24) is 9.80 Å². The van der Waals surface area contributed by atoms with Crippen molar-refractivity contribution in [3.63, 3.8) is 0 Å². The SMILES string of the molecule is O=C1CCO[C@H]2CN(CCOc3ccc(F)cc3)C[C@@H]2N1Cc1ccccc1. The normalized spacial score (nSPS) is 22.8. The van der Waals surface area contributed by atoms with Gasteiger partial charge in [0.25, 0.3) is 0 Å². The van der Waals surface area contributed by atoms with Gasteiger partial charge in [0, 0.05) is 26.2 Å². The molecule has 4 rings (SSSR count). The highest BCUT2D eigenvalue weighted by atomic mass is 19.1. The molecule has 2 aliphatic rings. The van der Waals surface area contributed by atoms with Crippen LogP contribution in [0, 0.1) is 5.82 Å². The molecule has 2 atom stereocenters. The third-order valence-electron chi connectivity index (χ3n) is 5.37. The van der Waals surface area contributed by atoms with Crippen molar-refractivity contribution in [1.29, 1.82) is 0 Å². The Balaban J connectivity index is 1.36. The van der Waals surface area contributed by atoms with Gasteiger partial charge in [-0.3, -0.25) is 9.69 Å². The van der Waals surface area contributed by atoms with Crippen LogP contribution < -0.4 is 4.74 Å². The lowest BCUT2D eigenvalue weighted by Gasteiger charge is -2.30. The van der Waals surface area contributed by atoms with Gasteiger partial charge in [-0.2, -0.15) is 0 Å². The van der Waals surface area contributed by atoms with Crippen molar-refractivity contribution in [2.24, 2.45) is 0 Å². The van der Waals surface area contributed by atoms with Gasteiger partial charge in [-0.25, -0.2) is 4.39 Å². The molecule has 0 aromatic heterocycles. The van der Waals surface area contributed by atoms with Gasteiger partial charge >= 0.3 is 0 Å². The van der Waals surface area contributed by atoms with Gasteiger partial charge in [0.15, 0.2) is 0 Å². The fourth-order valence-electron chi connectivity index (χ4n) is 3.91. The summed E-state index contributed by atoms with van der Waals surface area (Å²) in [4.78, 5) is 16.9. The molecule has 0 bridgehead atoms. The number of nitrogens with zero attached hydrogens (tertiary/aromatic N) is 2. The highest BCUT2D eigenvalue weighted by Gasteiger charge is 2.41. The molecule has 6 heteroatoms. The minimum Gasteiger partial charge on any atom is -0.492 e. The largest absolute Gasteiger partial charge is 0.492 e. The van der Waals surface area contributed by atoms with Gasteiger partial charge in [-0.05, 0) is 29.8 Å². The molecule has 2 aromatic carbocycles. The Morgan fingerprint density at radius 3 is 2.64 bits per heavy atom. The molecule has 2 fully saturated rings. The summed E-state index contributed by atoms with van der Waals surface area (Å²) in [5.74, 6) is 0.542. The lowest BCUT2D eigenvalue weighted by atomic mass is 10.1. The first-order valence-corrected chi connectivity index (χ1v) is 9.75. The quantitative estimate of drug-likeness (QED) is 0.768. The van der Waals surface area contributed by atoms with Gasteiger partial charge in [0.05, 0.1) is 25.2 Å². The zero-order valence-electron chi connectivity index (χ0n) is 15.8. The first-order valence-electron chi connectivity index (χ1n) is 9.75. The number of likely N-dealkylation sites (tertiary alicyclic amines) is 1. The van der Waals surface area contributed by atoms with Crippen LogP contribution in [0.4, 0.5) is 4.39 Å². The Kier molecular flexibility index (Phi) is 5.88. The van der Waals surface area contributed by atoms with Gasteiger partial charge in [0.2, 0.25) is 5.91 Å². The molecule has 2 saturated heterocycles. The smallest absolute Gasteiger partial charge is 0.225 e. The molecule has 0 saturated carbocycles. The predicted octanol–water partition coefficient (Wildman–Crippen LogP) is 2.71. The topological polar surface area (TPSA) is 42.0 Å². The number of halogens is 1. The van der Waals surface area contributed by atoms with E-state index in [2.05, 4.69) is 17.0 Å². The average Bonchev–Trinajstić information content (AvgIpc) is 3.05. The van der Waals surface area contributed by atoms with E-state index in [1.165, 1.54) is 12.1 Å². The number of fused-ring (bicyclic) bond motifs is 1. The molecule has 2 heterocycles. The van der Waals surface area contributed by atoms with E-state index in [9.17, 15) is 9.18 Å². The van der Waals surface area contributed by atoms with Crippen LogP contribution in [0.2, 0.25) is 0 Å². The van der Waals surface area contributed by atoms with Gasteiger partial charge < -0.3 is 14.4 Å². The molecule has 0 spiro atoms. The predicted molar refractivity (Wildman–Crippen MR) is 103 cm³/mol. The van der Waals surface area contributed by atoms with Crippen LogP contribution in [0.5, 0.6) is 5.75 Å². The van der Waals surface area contributed by atoms with Gasteiger partial charge in [-0.15, -0.1) is 0 Å². The van der Waals surface area contributed by atoms with Crippen molar-refractivity contribution < 1.29 is 18.7 Å². The Hall–Kier alpha value is -2.44. The molecule has 5 nitrogen and oxygen atoms in total. The minimum atomic E-state index is -0.271. The van der Waals surface area contributed by atoms with E-state index in [0.717, 1.165) is 25.2 Å².